The van der Waals surface area contributed by atoms with Crippen molar-refractivity contribution in [2.45, 2.75) is 6.92 Å². The van der Waals surface area contributed by atoms with Gasteiger partial charge < -0.3 is 5.32 Å². The van der Waals surface area contributed by atoms with E-state index >= 15 is 0 Å². The molecular weight excluding hydrogens is 252 g/mol. The van der Waals surface area contributed by atoms with Crippen molar-refractivity contribution in [2.75, 3.05) is 5.32 Å². The minimum absolute atomic E-state index is 0.988. The molecule has 2 nitrogen and oxygen atoms in total. The van der Waals surface area contributed by atoms with E-state index in [-0.39, 0.29) is 0 Å². The number of pyridine rings is 1. The Morgan fingerprint density at radius 2 is 2.13 bits per heavy atom. The monoisotopic (exact) mass is 262 g/mol. The van der Waals surface area contributed by atoms with Crippen molar-refractivity contribution in [3.63, 3.8) is 0 Å². The number of hydrogen-bond acceptors (Lipinski definition) is 2. The molecule has 0 aliphatic heterocycles. The highest BCUT2D eigenvalue weighted by molar-refractivity contribution is 9.10. The zero-order chi connectivity index (χ0) is 10.7. The molecule has 0 fully saturated rings. The molecule has 2 rings (SSSR count). The van der Waals surface area contributed by atoms with Gasteiger partial charge in [-0.1, -0.05) is 6.07 Å². The zero-order valence-corrected chi connectivity index (χ0v) is 9.95. The molecule has 0 bridgehead atoms. The van der Waals surface area contributed by atoms with Crippen LogP contribution in [-0.2, 0) is 0 Å². The number of nitrogens with zero attached hydrogens (tertiary/aromatic N) is 1. The molecule has 1 aromatic heterocycles. The molecule has 2 aromatic rings. The van der Waals surface area contributed by atoms with E-state index in [2.05, 4.69) is 45.3 Å². The minimum Gasteiger partial charge on any atom is -0.353 e. The number of hydrogen-bond donors (Lipinski definition) is 1. The van der Waals surface area contributed by atoms with Crippen LogP contribution in [0.25, 0.3) is 0 Å². The predicted octanol–water partition coefficient (Wildman–Crippen LogP) is 3.90. The van der Waals surface area contributed by atoms with Gasteiger partial charge in [-0.05, 0) is 52.7 Å². The first-order valence-electron chi connectivity index (χ1n) is 4.69. The second kappa shape index (κ2) is 4.45. The van der Waals surface area contributed by atoms with Crippen molar-refractivity contribution in [1.82, 2.24) is 4.98 Å². The molecule has 1 N–H and O–H groups in total. The Balaban J connectivity index is 2.25. The summed E-state index contributed by atoms with van der Waals surface area (Å²) in [6.07, 6.45) is 3.56. The Hall–Kier alpha value is -1.35. The van der Waals surface area contributed by atoms with Crippen LogP contribution in [0.3, 0.4) is 0 Å². The molecule has 0 unspecified atom stereocenters. The van der Waals surface area contributed by atoms with Gasteiger partial charge in [0.05, 0.1) is 17.6 Å². The molecule has 1 aromatic carbocycles. The Kier molecular flexibility index (Phi) is 3.02. The molecule has 1 heterocycles. The quantitative estimate of drug-likeness (QED) is 0.888. The van der Waals surface area contributed by atoms with E-state index < -0.39 is 0 Å². The summed E-state index contributed by atoms with van der Waals surface area (Å²) >= 11 is 3.52. The number of anilines is 2. The highest BCUT2D eigenvalue weighted by Gasteiger charge is 1.99. The Morgan fingerprint density at radius 3 is 2.80 bits per heavy atom. The summed E-state index contributed by atoms with van der Waals surface area (Å²) in [6, 6.07) is 10.1. The highest BCUT2D eigenvalue weighted by atomic mass is 79.9. The minimum atomic E-state index is 0.988. The van der Waals surface area contributed by atoms with Crippen LogP contribution in [0.2, 0.25) is 0 Å². The normalized spacial score (nSPS) is 10.0. The van der Waals surface area contributed by atoms with Crippen LogP contribution >= 0.6 is 15.9 Å². The fraction of sp³-hybridized carbons (Fsp3) is 0.0833. The van der Waals surface area contributed by atoms with E-state index in [1.165, 1.54) is 5.56 Å². The molecule has 76 valence electrons. The molecule has 0 spiro atoms. The largest absolute Gasteiger partial charge is 0.353 e. The maximum atomic E-state index is 4.05. The number of rotatable bonds is 2. The van der Waals surface area contributed by atoms with E-state index in [1.54, 1.807) is 12.4 Å². The lowest BCUT2D eigenvalue weighted by Crippen LogP contribution is -1.91. The van der Waals surface area contributed by atoms with Crippen LogP contribution in [0.15, 0.2) is 47.2 Å². The van der Waals surface area contributed by atoms with Crippen LogP contribution in [0, 0.1) is 6.92 Å². The van der Waals surface area contributed by atoms with E-state index in [0.717, 1.165) is 15.8 Å². The highest BCUT2D eigenvalue weighted by Crippen LogP contribution is 2.26. The first kappa shape index (κ1) is 10.2. The van der Waals surface area contributed by atoms with Gasteiger partial charge in [-0.3, -0.25) is 4.98 Å². The van der Waals surface area contributed by atoms with Crippen LogP contribution in [0.5, 0.6) is 0 Å². The Morgan fingerprint density at radius 1 is 1.27 bits per heavy atom. The van der Waals surface area contributed by atoms with Crippen molar-refractivity contribution in [2.24, 2.45) is 0 Å². The summed E-state index contributed by atoms with van der Waals surface area (Å²) in [5, 5.41) is 3.29. The first-order valence-corrected chi connectivity index (χ1v) is 5.48. The van der Waals surface area contributed by atoms with Crippen LogP contribution in [0.4, 0.5) is 11.4 Å². The molecule has 0 saturated carbocycles. The lowest BCUT2D eigenvalue weighted by atomic mass is 10.2. The topological polar surface area (TPSA) is 24.9 Å². The fourth-order valence-corrected chi connectivity index (χ4v) is 1.91. The summed E-state index contributed by atoms with van der Waals surface area (Å²) in [5.41, 5.74) is 3.27. The zero-order valence-electron chi connectivity index (χ0n) is 8.37. The van der Waals surface area contributed by atoms with Crippen molar-refractivity contribution in [3.05, 3.63) is 52.8 Å². The van der Waals surface area contributed by atoms with Gasteiger partial charge in [0, 0.05) is 10.7 Å². The standard InChI is InChI=1S/C12H11BrN2/c1-9-4-5-12(11(13)7-9)15-10-3-2-6-14-8-10/h2-8,15H,1H3. The van der Waals surface area contributed by atoms with Gasteiger partial charge >= 0.3 is 0 Å². The maximum Gasteiger partial charge on any atom is 0.0571 e. The van der Waals surface area contributed by atoms with Gasteiger partial charge in [-0.15, -0.1) is 0 Å². The Bertz CT molecular complexity index is 454. The second-order valence-corrected chi connectivity index (χ2v) is 4.20. The van der Waals surface area contributed by atoms with E-state index in [0.29, 0.717) is 0 Å². The molecule has 0 aliphatic rings. The van der Waals surface area contributed by atoms with Crippen LogP contribution in [0.1, 0.15) is 5.56 Å². The summed E-state index contributed by atoms with van der Waals surface area (Å²) < 4.78 is 1.06. The van der Waals surface area contributed by atoms with E-state index in [9.17, 15) is 0 Å². The van der Waals surface area contributed by atoms with Gasteiger partial charge in [0.25, 0.3) is 0 Å². The maximum absolute atomic E-state index is 4.05. The smallest absolute Gasteiger partial charge is 0.0571 e. The lowest BCUT2D eigenvalue weighted by Gasteiger charge is -2.08. The summed E-state index contributed by atoms with van der Waals surface area (Å²) in [4.78, 5) is 4.05. The average Bonchev–Trinajstić information content (AvgIpc) is 2.24. The third-order valence-corrected chi connectivity index (χ3v) is 2.72. The molecule has 15 heavy (non-hydrogen) atoms. The van der Waals surface area contributed by atoms with Crippen LogP contribution < -0.4 is 5.32 Å². The number of halogens is 1. The molecule has 0 aliphatic carbocycles. The number of aryl methyl sites for hydroxylation is 1. The van der Waals surface area contributed by atoms with Crippen molar-refractivity contribution in [3.8, 4) is 0 Å². The molecule has 0 atom stereocenters. The fourth-order valence-electron chi connectivity index (χ4n) is 1.31. The molecular formula is C12H11BrN2. The molecule has 3 heteroatoms. The van der Waals surface area contributed by atoms with Gasteiger partial charge in [0.15, 0.2) is 0 Å². The SMILES string of the molecule is Cc1ccc(Nc2cccnc2)c(Br)c1. The third-order valence-electron chi connectivity index (χ3n) is 2.07. The van der Waals surface area contributed by atoms with Crippen molar-refractivity contribution >= 4 is 27.3 Å². The number of nitrogens with one attached hydrogen (secondary N) is 1. The van der Waals surface area contributed by atoms with Crippen LogP contribution in [-0.4, -0.2) is 4.98 Å². The van der Waals surface area contributed by atoms with Gasteiger partial charge in [-0.2, -0.15) is 0 Å². The predicted molar refractivity (Wildman–Crippen MR) is 66.4 cm³/mol. The van der Waals surface area contributed by atoms with Crippen molar-refractivity contribution in [1.29, 1.82) is 0 Å². The van der Waals surface area contributed by atoms with E-state index in [1.807, 2.05) is 18.2 Å². The van der Waals surface area contributed by atoms with Crippen molar-refractivity contribution < 1.29 is 0 Å². The first-order chi connectivity index (χ1) is 7.25. The van der Waals surface area contributed by atoms with Gasteiger partial charge in [0.2, 0.25) is 0 Å². The average molecular weight is 263 g/mol. The summed E-state index contributed by atoms with van der Waals surface area (Å²) in [6.45, 7) is 2.07. The third kappa shape index (κ3) is 2.57. The molecule has 0 amide bonds. The Labute approximate surface area is 97.5 Å². The second-order valence-electron chi connectivity index (χ2n) is 3.35. The summed E-state index contributed by atoms with van der Waals surface area (Å²) in [7, 11) is 0. The van der Waals surface area contributed by atoms with Gasteiger partial charge in [-0.25, -0.2) is 0 Å². The molecule has 0 radical (unpaired) electrons. The summed E-state index contributed by atoms with van der Waals surface area (Å²) in [5.74, 6) is 0. The number of aromatic nitrogens is 1. The van der Waals surface area contributed by atoms with Gasteiger partial charge in [0.1, 0.15) is 0 Å². The van der Waals surface area contributed by atoms with E-state index in [4.69, 9.17) is 0 Å². The molecule has 0 saturated heterocycles. The number of benzene rings is 1. The lowest BCUT2D eigenvalue weighted by molar-refractivity contribution is 1.32.